The first-order valence-electron chi connectivity index (χ1n) is 9.04. The monoisotopic (exact) mass is 330 g/mol. The lowest BCUT2D eigenvalue weighted by molar-refractivity contribution is -0.127. The Kier molecular flexibility index (Phi) is 4.41. The van der Waals surface area contributed by atoms with Crippen molar-refractivity contribution in [3.05, 3.63) is 23.9 Å². The number of aromatic nitrogens is 1. The molecule has 3 N–H and O–H groups in total. The number of ether oxygens (including phenoxy) is 1. The molecule has 6 heteroatoms. The number of fused-ring (bicyclic) bond motifs is 2. The van der Waals surface area contributed by atoms with Crippen LogP contribution in [0, 0.1) is 17.8 Å². The number of morpholine rings is 1. The third-order valence-corrected chi connectivity index (χ3v) is 5.91. The van der Waals surface area contributed by atoms with Crippen molar-refractivity contribution < 1.29 is 9.53 Å². The molecule has 2 bridgehead atoms. The lowest BCUT2D eigenvalue weighted by Gasteiger charge is -2.30. The van der Waals surface area contributed by atoms with Crippen LogP contribution in [0.15, 0.2) is 18.3 Å². The first kappa shape index (κ1) is 15.8. The maximum Gasteiger partial charge on any atom is 0.225 e. The van der Waals surface area contributed by atoms with E-state index in [0.29, 0.717) is 18.4 Å². The summed E-state index contributed by atoms with van der Waals surface area (Å²) >= 11 is 0. The number of nitrogens with zero attached hydrogens (tertiary/aromatic N) is 2. The second kappa shape index (κ2) is 6.69. The number of hydrogen-bond donors (Lipinski definition) is 2. The molecule has 1 aliphatic heterocycles. The summed E-state index contributed by atoms with van der Waals surface area (Å²) in [4.78, 5) is 19.4. The average Bonchev–Trinajstić information content (AvgIpc) is 3.22. The number of carbonyl (C=O) groups is 1. The van der Waals surface area contributed by atoms with E-state index in [4.69, 9.17) is 10.5 Å². The Bertz CT molecular complexity index is 600. The van der Waals surface area contributed by atoms with Crippen LogP contribution in [0.1, 0.15) is 24.8 Å². The highest BCUT2D eigenvalue weighted by Gasteiger charge is 2.48. The number of anilines is 1. The van der Waals surface area contributed by atoms with Crippen LogP contribution in [0.4, 0.5) is 5.82 Å². The van der Waals surface area contributed by atoms with Gasteiger partial charge in [-0.1, -0.05) is 6.07 Å². The lowest BCUT2D eigenvalue weighted by atomic mass is 9.84. The van der Waals surface area contributed by atoms with Crippen LogP contribution in [0.25, 0.3) is 0 Å². The van der Waals surface area contributed by atoms with Gasteiger partial charge in [-0.05, 0) is 37.2 Å². The summed E-state index contributed by atoms with van der Waals surface area (Å²) in [5, 5.41) is 3.12. The molecule has 3 fully saturated rings. The van der Waals surface area contributed by atoms with E-state index < -0.39 is 0 Å². The van der Waals surface area contributed by atoms with Crippen LogP contribution < -0.4 is 16.0 Å². The van der Waals surface area contributed by atoms with Crippen LogP contribution in [-0.4, -0.2) is 43.2 Å². The number of nitrogens with two attached hydrogens (primary N) is 1. The van der Waals surface area contributed by atoms with E-state index in [1.54, 1.807) is 0 Å². The SMILES string of the molecule is NC1C2CCC(C2)C1C(=O)NCc1cccnc1N1CCOCC1. The zero-order chi connectivity index (χ0) is 16.5. The van der Waals surface area contributed by atoms with Gasteiger partial charge in [0.1, 0.15) is 5.82 Å². The Morgan fingerprint density at radius 1 is 1.33 bits per heavy atom. The molecule has 1 aromatic heterocycles. The maximum atomic E-state index is 12.7. The Labute approximate surface area is 142 Å². The molecule has 4 atom stereocenters. The first-order valence-corrected chi connectivity index (χ1v) is 9.04. The summed E-state index contributed by atoms with van der Waals surface area (Å²) in [7, 11) is 0. The van der Waals surface area contributed by atoms with Crippen molar-refractivity contribution in [2.75, 3.05) is 31.2 Å². The second-order valence-corrected chi connectivity index (χ2v) is 7.24. The fraction of sp³-hybridized carbons (Fsp3) is 0.667. The minimum atomic E-state index is -0.00717. The number of hydrogen-bond acceptors (Lipinski definition) is 5. The fourth-order valence-electron chi connectivity index (χ4n) is 4.65. The summed E-state index contributed by atoms with van der Waals surface area (Å²) in [6.07, 6.45) is 5.29. The number of carbonyl (C=O) groups excluding carboxylic acids is 1. The lowest BCUT2D eigenvalue weighted by Crippen LogP contribution is -2.45. The van der Waals surface area contributed by atoms with Gasteiger partial charge < -0.3 is 20.7 Å². The molecule has 0 spiro atoms. The van der Waals surface area contributed by atoms with Crippen molar-refractivity contribution in [3.63, 3.8) is 0 Å². The second-order valence-electron chi connectivity index (χ2n) is 7.24. The van der Waals surface area contributed by atoms with Crippen LogP contribution in [0.3, 0.4) is 0 Å². The smallest absolute Gasteiger partial charge is 0.225 e. The molecule has 2 heterocycles. The Balaban J connectivity index is 1.41. The third kappa shape index (κ3) is 2.89. The van der Waals surface area contributed by atoms with Crippen molar-refractivity contribution in [2.45, 2.75) is 31.8 Å². The molecule has 1 amide bonds. The summed E-state index contributed by atoms with van der Waals surface area (Å²) < 4.78 is 5.41. The van der Waals surface area contributed by atoms with E-state index in [9.17, 15) is 4.79 Å². The van der Waals surface area contributed by atoms with E-state index in [0.717, 1.165) is 50.5 Å². The summed E-state index contributed by atoms with van der Waals surface area (Å²) in [6.45, 7) is 3.65. The minimum Gasteiger partial charge on any atom is -0.378 e. The van der Waals surface area contributed by atoms with Crippen LogP contribution in [0.2, 0.25) is 0 Å². The van der Waals surface area contributed by atoms with Gasteiger partial charge >= 0.3 is 0 Å². The summed E-state index contributed by atoms with van der Waals surface area (Å²) in [5.74, 6) is 2.10. The molecule has 2 saturated carbocycles. The average molecular weight is 330 g/mol. The Morgan fingerprint density at radius 3 is 2.88 bits per heavy atom. The predicted molar refractivity (Wildman–Crippen MR) is 91.4 cm³/mol. The van der Waals surface area contributed by atoms with E-state index in [2.05, 4.69) is 15.2 Å². The van der Waals surface area contributed by atoms with Gasteiger partial charge in [0.15, 0.2) is 0 Å². The molecule has 24 heavy (non-hydrogen) atoms. The van der Waals surface area contributed by atoms with Gasteiger partial charge in [-0.15, -0.1) is 0 Å². The fourth-order valence-corrected chi connectivity index (χ4v) is 4.65. The van der Waals surface area contributed by atoms with Gasteiger partial charge in [-0.3, -0.25) is 4.79 Å². The number of amides is 1. The van der Waals surface area contributed by atoms with E-state index >= 15 is 0 Å². The number of nitrogens with one attached hydrogen (secondary N) is 1. The molecule has 130 valence electrons. The predicted octanol–water partition coefficient (Wildman–Crippen LogP) is 0.908. The first-order chi connectivity index (χ1) is 11.7. The van der Waals surface area contributed by atoms with Crippen molar-refractivity contribution in [1.29, 1.82) is 0 Å². The summed E-state index contributed by atoms with van der Waals surface area (Å²) in [6, 6.07) is 4.00. The highest BCUT2D eigenvalue weighted by Crippen LogP contribution is 2.47. The van der Waals surface area contributed by atoms with Gasteiger partial charge in [0, 0.05) is 37.4 Å². The molecule has 4 unspecified atom stereocenters. The van der Waals surface area contributed by atoms with Crippen LogP contribution in [-0.2, 0) is 16.1 Å². The molecule has 0 aromatic carbocycles. The van der Waals surface area contributed by atoms with E-state index in [1.807, 2.05) is 18.3 Å². The Morgan fingerprint density at radius 2 is 2.12 bits per heavy atom. The third-order valence-electron chi connectivity index (χ3n) is 5.91. The highest BCUT2D eigenvalue weighted by atomic mass is 16.5. The maximum absolute atomic E-state index is 12.7. The van der Waals surface area contributed by atoms with E-state index in [1.165, 1.54) is 6.42 Å². The van der Waals surface area contributed by atoms with Gasteiger partial charge in [0.25, 0.3) is 0 Å². The molecule has 2 aliphatic carbocycles. The molecule has 1 saturated heterocycles. The molecular weight excluding hydrogens is 304 g/mol. The van der Waals surface area contributed by atoms with Crippen molar-refractivity contribution in [1.82, 2.24) is 10.3 Å². The van der Waals surface area contributed by atoms with E-state index in [-0.39, 0.29) is 17.9 Å². The summed E-state index contributed by atoms with van der Waals surface area (Å²) in [5.41, 5.74) is 7.35. The standard InChI is InChI=1S/C18H26N4O2/c19-16-13-4-3-12(10-13)15(16)18(23)21-11-14-2-1-5-20-17(14)22-6-8-24-9-7-22/h1-2,5,12-13,15-16H,3-4,6-11,19H2,(H,21,23). The molecule has 3 aliphatic rings. The molecule has 1 aromatic rings. The van der Waals surface area contributed by atoms with Gasteiger partial charge in [0.2, 0.25) is 5.91 Å². The normalized spacial score (nSPS) is 32.1. The zero-order valence-electron chi connectivity index (χ0n) is 14.0. The molecule has 6 nitrogen and oxygen atoms in total. The molecule has 4 rings (SSSR count). The van der Waals surface area contributed by atoms with Gasteiger partial charge in [-0.2, -0.15) is 0 Å². The largest absolute Gasteiger partial charge is 0.378 e. The van der Waals surface area contributed by atoms with Crippen molar-refractivity contribution in [3.8, 4) is 0 Å². The topological polar surface area (TPSA) is 80.5 Å². The van der Waals surface area contributed by atoms with Crippen LogP contribution >= 0.6 is 0 Å². The molecule has 0 radical (unpaired) electrons. The van der Waals surface area contributed by atoms with Crippen molar-refractivity contribution >= 4 is 11.7 Å². The Hall–Kier alpha value is -1.66. The van der Waals surface area contributed by atoms with Gasteiger partial charge in [-0.25, -0.2) is 4.98 Å². The minimum absolute atomic E-state index is 0.00717. The van der Waals surface area contributed by atoms with Crippen LogP contribution in [0.5, 0.6) is 0 Å². The zero-order valence-corrected chi connectivity index (χ0v) is 14.0. The highest BCUT2D eigenvalue weighted by molar-refractivity contribution is 5.80. The van der Waals surface area contributed by atoms with Crippen molar-refractivity contribution in [2.24, 2.45) is 23.5 Å². The molecular formula is C18H26N4O2. The quantitative estimate of drug-likeness (QED) is 0.858. The number of pyridine rings is 1. The number of rotatable bonds is 4. The van der Waals surface area contributed by atoms with Gasteiger partial charge in [0.05, 0.1) is 19.1 Å².